The molecule has 0 saturated heterocycles. The molecule has 3 rings (SSSR count). The third kappa shape index (κ3) is 3.72. The zero-order valence-electron chi connectivity index (χ0n) is 15.0. The first-order chi connectivity index (χ1) is 12.9. The monoisotopic (exact) mass is 365 g/mol. The molecule has 0 spiro atoms. The zero-order valence-corrected chi connectivity index (χ0v) is 15.0. The maximum absolute atomic E-state index is 12.6. The summed E-state index contributed by atoms with van der Waals surface area (Å²) in [6.07, 6.45) is 1.71. The number of pyridine rings is 1. The first-order valence-corrected chi connectivity index (χ1v) is 8.62. The Balaban J connectivity index is 1.95. The van der Waals surface area contributed by atoms with Crippen molar-refractivity contribution in [2.45, 2.75) is 26.7 Å². The summed E-state index contributed by atoms with van der Waals surface area (Å²) in [5.41, 5.74) is 2.35. The Bertz CT molecular complexity index is 1100. The number of nitro groups is 1. The van der Waals surface area contributed by atoms with E-state index in [-0.39, 0.29) is 16.8 Å². The number of nitro benzene ring substituents is 1. The SMILES string of the molecule is CCCc1cc(=O)[nH]c2cc(NC(=O)c3cccc([N+](=O)[O-])c3C)ccc12. The van der Waals surface area contributed by atoms with Crippen LogP contribution >= 0.6 is 0 Å². The summed E-state index contributed by atoms with van der Waals surface area (Å²) in [6, 6.07) is 11.3. The van der Waals surface area contributed by atoms with Crippen molar-refractivity contribution in [3.05, 3.63) is 79.6 Å². The first-order valence-electron chi connectivity index (χ1n) is 8.62. The maximum Gasteiger partial charge on any atom is 0.273 e. The van der Waals surface area contributed by atoms with E-state index >= 15 is 0 Å². The second kappa shape index (κ2) is 7.41. The number of fused-ring (bicyclic) bond motifs is 1. The second-order valence-corrected chi connectivity index (χ2v) is 6.33. The summed E-state index contributed by atoms with van der Waals surface area (Å²) in [7, 11) is 0. The van der Waals surface area contributed by atoms with Crippen molar-refractivity contribution < 1.29 is 9.72 Å². The maximum atomic E-state index is 12.6. The van der Waals surface area contributed by atoms with Crippen molar-refractivity contribution in [3.63, 3.8) is 0 Å². The standard InChI is InChI=1S/C20H19N3O4/c1-3-5-13-10-19(24)22-17-11-14(8-9-16(13)17)21-20(25)15-6-4-7-18(12(15)2)23(26)27/h4,6-11H,3,5H2,1-2H3,(H,21,25)(H,22,24). The normalized spacial score (nSPS) is 10.7. The summed E-state index contributed by atoms with van der Waals surface area (Å²) in [4.78, 5) is 37.8. The van der Waals surface area contributed by atoms with Crippen LogP contribution in [0.1, 0.15) is 34.8 Å². The number of rotatable bonds is 5. The average Bonchev–Trinajstić information content (AvgIpc) is 2.61. The minimum absolute atomic E-state index is 0.102. The molecule has 2 aromatic carbocycles. The molecule has 1 aromatic heterocycles. The van der Waals surface area contributed by atoms with Gasteiger partial charge in [0, 0.05) is 34.3 Å². The molecule has 0 radical (unpaired) electrons. The Morgan fingerprint density at radius 2 is 2.00 bits per heavy atom. The highest BCUT2D eigenvalue weighted by molar-refractivity contribution is 6.06. The highest BCUT2D eigenvalue weighted by atomic mass is 16.6. The van der Waals surface area contributed by atoms with E-state index in [9.17, 15) is 19.7 Å². The molecule has 7 nitrogen and oxygen atoms in total. The molecule has 2 N–H and O–H groups in total. The highest BCUT2D eigenvalue weighted by Gasteiger charge is 2.18. The minimum atomic E-state index is -0.512. The van der Waals surface area contributed by atoms with Crippen LogP contribution in [0.4, 0.5) is 11.4 Å². The number of amides is 1. The Labute approximate surface area is 155 Å². The number of aromatic amines is 1. The number of H-pyrrole nitrogens is 1. The zero-order chi connectivity index (χ0) is 19.6. The number of aryl methyl sites for hydroxylation is 1. The van der Waals surface area contributed by atoms with E-state index in [1.165, 1.54) is 12.1 Å². The molecule has 0 aliphatic heterocycles. The van der Waals surface area contributed by atoms with E-state index in [0.717, 1.165) is 23.8 Å². The number of nitrogens with zero attached hydrogens (tertiary/aromatic N) is 1. The van der Waals surface area contributed by atoms with Gasteiger partial charge >= 0.3 is 0 Å². The predicted octanol–water partition coefficient (Wildman–Crippen LogP) is 3.95. The van der Waals surface area contributed by atoms with Crippen molar-refractivity contribution in [3.8, 4) is 0 Å². The van der Waals surface area contributed by atoms with Gasteiger partial charge in [-0.05, 0) is 37.1 Å². The average molecular weight is 365 g/mol. The third-order valence-corrected chi connectivity index (χ3v) is 4.45. The highest BCUT2D eigenvalue weighted by Crippen LogP contribution is 2.24. The Morgan fingerprint density at radius 1 is 1.22 bits per heavy atom. The fourth-order valence-corrected chi connectivity index (χ4v) is 3.15. The van der Waals surface area contributed by atoms with Gasteiger partial charge in [-0.25, -0.2) is 0 Å². The van der Waals surface area contributed by atoms with Crippen LogP contribution in [0.25, 0.3) is 10.9 Å². The topological polar surface area (TPSA) is 105 Å². The molecule has 0 aliphatic rings. The van der Waals surface area contributed by atoms with Crippen LogP contribution in [0.3, 0.4) is 0 Å². The van der Waals surface area contributed by atoms with E-state index in [4.69, 9.17) is 0 Å². The molecule has 7 heteroatoms. The van der Waals surface area contributed by atoms with Crippen LogP contribution in [0.5, 0.6) is 0 Å². The van der Waals surface area contributed by atoms with Crippen LogP contribution < -0.4 is 10.9 Å². The molecule has 0 atom stereocenters. The summed E-state index contributed by atoms with van der Waals surface area (Å²) < 4.78 is 0. The lowest BCUT2D eigenvalue weighted by atomic mass is 10.0. The molecule has 1 heterocycles. The largest absolute Gasteiger partial charge is 0.322 e. The van der Waals surface area contributed by atoms with Gasteiger partial charge in [-0.2, -0.15) is 0 Å². The van der Waals surface area contributed by atoms with Gasteiger partial charge in [-0.1, -0.05) is 25.5 Å². The van der Waals surface area contributed by atoms with Gasteiger partial charge < -0.3 is 10.3 Å². The van der Waals surface area contributed by atoms with Crippen LogP contribution in [0.2, 0.25) is 0 Å². The molecular weight excluding hydrogens is 346 g/mol. The molecular formula is C20H19N3O4. The second-order valence-electron chi connectivity index (χ2n) is 6.33. The van der Waals surface area contributed by atoms with Gasteiger partial charge in [0.05, 0.1) is 10.4 Å². The van der Waals surface area contributed by atoms with Gasteiger partial charge in [-0.3, -0.25) is 19.7 Å². The number of carbonyl (C=O) groups is 1. The summed E-state index contributed by atoms with van der Waals surface area (Å²) in [6.45, 7) is 3.59. The Hall–Kier alpha value is -3.48. The molecule has 138 valence electrons. The number of aromatic nitrogens is 1. The molecule has 1 amide bonds. The Morgan fingerprint density at radius 3 is 2.70 bits per heavy atom. The number of nitrogens with one attached hydrogen (secondary N) is 2. The van der Waals surface area contributed by atoms with Gasteiger partial charge in [0.25, 0.3) is 11.6 Å². The van der Waals surface area contributed by atoms with E-state index in [1.54, 1.807) is 31.2 Å². The molecule has 0 bridgehead atoms. The van der Waals surface area contributed by atoms with E-state index in [0.29, 0.717) is 16.8 Å². The molecule has 3 aromatic rings. The fourth-order valence-electron chi connectivity index (χ4n) is 3.15. The summed E-state index contributed by atoms with van der Waals surface area (Å²) in [5, 5.41) is 14.7. The van der Waals surface area contributed by atoms with Crippen molar-refractivity contribution >= 4 is 28.2 Å². The number of benzene rings is 2. The molecule has 0 fully saturated rings. The van der Waals surface area contributed by atoms with Crippen LogP contribution in [-0.2, 0) is 6.42 Å². The van der Waals surface area contributed by atoms with Crippen LogP contribution in [0, 0.1) is 17.0 Å². The molecule has 0 saturated carbocycles. The number of carbonyl (C=O) groups excluding carboxylic acids is 1. The van der Waals surface area contributed by atoms with E-state index < -0.39 is 10.8 Å². The number of hydrogen-bond acceptors (Lipinski definition) is 4. The van der Waals surface area contributed by atoms with Gasteiger partial charge in [0.15, 0.2) is 0 Å². The smallest absolute Gasteiger partial charge is 0.273 e. The molecule has 27 heavy (non-hydrogen) atoms. The molecule has 0 unspecified atom stereocenters. The Kier molecular flexibility index (Phi) is 5.03. The first kappa shape index (κ1) is 18.3. The predicted molar refractivity (Wildman–Crippen MR) is 104 cm³/mol. The van der Waals surface area contributed by atoms with E-state index in [1.807, 2.05) is 13.0 Å². The lowest BCUT2D eigenvalue weighted by Crippen LogP contribution is -2.14. The number of anilines is 1. The van der Waals surface area contributed by atoms with Gasteiger partial charge in [0.2, 0.25) is 5.56 Å². The van der Waals surface area contributed by atoms with Gasteiger partial charge in [-0.15, -0.1) is 0 Å². The fraction of sp³-hybridized carbons (Fsp3) is 0.200. The lowest BCUT2D eigenvalue weighted by Gasteiger charge is -2.10. The van der Waals surface area contributed by atoms with Crippen molar-refractivity contribution in [1.82, 2.24) is 4.98 Å². The van der Waals surface area contributed by atoms with Crippen LogP contribution in [0.15, 0.2) is 47.3 Å². The van der Waals surface area contributed by atoms with E-state index in [2.05, 4.69) is 10.3 Å². The third-order valence-electron chi connectivity index (χ3n) is 4.45. The lowest BCUT2D eigenvalue weighted by molar-refractivity contribution is -0.385. The van der Waals surface area contributed by atoms with Crippen molar-refractivity contribution in [1.29, 1.82) is 0 Å². The molecule has 0 aliphatic carbocycles. The van der Waals surface area contributed by atoms with Gasteiger partial charge in [0.1, 0.15) is 0 Å². The quantitative estimate of drug-likeness (QED) is 0.527. The number of hydrogen-bond donors (Lipinski definition) is 2. The van der Waals surface area contributed by atoms with Crippen molar-refractivity contribution in [2.75, 3.05) is 5.32 Å². The van der Waals surface area contributed by atoms with Crippen LogP contribution in [-0.4, -0.2) is 15.8 Å². The minimum Gasteiger partial charge on any atom is -0.322 e. The summed E-state index contributed by atoms with van der Waals surface area (Å²) >= 11 is 0. The van der Waals surface area contributed by atoms with Crippen molar-refractivity contribution in [2.24, 2.45) is 0 Å². The summed E-state index contributed by atoms with van der Waals surface area (Å²) in [5.74, 6) is -0.442.